The van der Waals surface area contributed by atoms with E-state index in [0.29, 0.717) is 21.9 Å². The number of fused-ring (bicyclic) bond motifs is 1. The minimum absolute atomic E-state index is 0.0778. The summed E-state index contributed by atoms with van der Waals surface area (Å²) in [5, 5.41) is 12.1. The molecule has 3 rings (SSSR count). The zero-order valence-corrected chi connectivity index (χ0v) is 13.2. The van der Waals surface area contributed by atoms with E-state index in [9.17, 15) is 9.18 Å². The molecule has 2 heterocycles. The number of carboxylic acid groups (broad SMARTS) is 1. The molecule has 8 heteroatoms. The number of benzene rings is 1. The minimum Gasteiger partial charge on any atom is -0.465 e. The van der Waals surface area contributed by atoms with Crippen LogP contribution in [0.5, 0.6) is 0 Å². The van der Waals surface area contributed by atoms with E-state index < -0.39 is 11.9 Å². The molecule has 0 saturated heterocycles. The Bertz CT molecular complexity index is 978. The zero-order valence-electron chi connectivity index (χ0n) is 12.5. The van der Waals surface area contributed by atoms with Gasteiger partial charge in [0.25, 0.3) is 0 Å². The highest BCUT2D eigenvalue weighted by Crippen LogP contribution is 2.37. The molecule has 122 valence electrons. The predicted octanol–water partition coefficient (Wildman–Crippen LogP) is 4.07. The Morgan fingerprint density at radius 2 is 2.04 bits per heavy atom. The van der Waals surface area contributed by atoms with E-state index in [-0.39, 0.29) is 22.1 Å². The summed E-state index contributed by atoms with van der Waals surface area (Å²) in [6.45, 7) is 1.67. The first-order chi connectivity index (χ1) is 11.4. The van der Waals surface area contributed by atoms with Gasteiger partial charge in [0.2, 0.25) is 0 Å². The summed E-state index contributed by atoms with van der Waals surface area (Å²) in [6.07, 6.45) is 2.99. The Labute approximate surface area is 141 Å². The van der Waals surface area contributed by atoms with Crippen LogP contribution in [0, 0.1) is 12.7 Å². The topological polar surface area (TPSA) is 101 Å². The number of halogens is 2. The largest absolute Gasteiger partial charge is 0.465 e. The van der Waals surface area contributed by atoms with E-state index >= 15 is 0 Å². The molecule has 0 unspecified atom stereocenters. The van der Waals surface area contributed by atoms with Gasteiger partial charge in [0, 0.05) is 28.9 Å². The third kappa shape index (κ3) is 2.69. The van der Waals surface area contributed by atoms with Gasteiger partial charge in [-0.05, 0) is 30.0 Å². The molecular weight excluding hydrogens is 335 g/mol. The lowest BCUT2D eigenvalue weighted by atomic mass is 9.98. The Morgan fingerprint density at radius 1 is 1.29 bits per heavy atom. The van der Waals surface area contributed by atoms with Gasteiger partial charge in [-0.15, -0.1) is 0 Å². The Balaban J connectivity index is 2.26. The number of anilines is 2. The maximum absolute atomic E-state index is 14.7. The average molecular weight is 347 g/mol. The van der Waals surface area contributed by atoms with Crippen molar-refractivity contribution in [2.45, 2.75) is 6.92 Å². The fourth-order valence-electron chi connectivity index (χ4n) is 2.48. The van der Waals surface area contributed by atoms with Gasteiger partial charge >= 0.3 is 6.09 Å². The van der Waals surface area contributed by atoms with Crippen molar-refractivity contribution in [2.75, 3.05) is 11.1 Å². The van der Waals surface area contributed by atoms with Crippen molar-refractivity contribution in [2.24, 2.45) is 0 Å². The maximum Gasteiger partial charge on any atom is 0.409 e. The van der Waals surface area contributed by atoms with Gasteiger partial charge < -0.3 is 10.8 Å². The second-order valence-electron chi connectivity index (χ2n) is 5.17. The number of pyridine rings is 2. The second-order valence-corrected chi connectivity index (χ2v) is 5.55. The van der Waals surface area contributed by atoms with Gasteiger partial charge in [0.05, 0.1) is 16.9 Å². The highest BCUT2D eigenvalue weighted by Gasteiger charge is 2.17. The lowest BCUT2D eigenvalue weighted by molar-refractivity contribution is 0.209. The number of aromatic nitrogens is 2. The van der Waals surface area contributed by atoms with Gasteiger partial charge in [0.15, 0.2) is 0 Å². The smallest absolute Gasteiger partial charge is 0.409 e. The molecule has 1 aromatic carbocycles. The van der Waals surface area contributed by atoms with E-state index in [1.54, 1.807) is 19.1 Å². The fraction of sp³-hybridized carbons (Fsp3) is 0.0625. The van der Waals surface area contributed by atoms with Crippen LogP contribution in [-0.2, 0) is 0 Å². The number of nitrogens with zero attached hydrogens (tertiary/aromatic N) is 2. The average Bonchev–Trinajstić information content (AvgIpc) is 2.52. The summed E-state index contributed by atoms with van der Waals surface area (Å²) in [4.78, 5) is 18.7. The summed E-state index contributed by atoms with van der Waals surface area (Å²) in [5.41, 5.74) is 7.11. The van der Waals surface area contributed by atoms with Gasteiger partial charge in [-0.25, -0.2) is 14.2 Å². The van der Waals surface area contributed by atoms with Crippen LogP contribution in [0.2, 0.25) is 5.02 Å². The third-order valence-electron chi connectivity index (χ3n) is 3.67. The second kappa shape index (κ2) is 5.93. The molecule has 6 nitrogen and oxygen atoms in total. The Hall–Kier alpha value is -2.93. The van der Waals surface area contributed by atoms with Crippen molar-refractivity contribution in [3.63, 3.8) is 0 Å². The first-order valence-electron chi connectivity index (χ1n) is 6.86. The highest BCUT2D eigenvalue weighted by atomic mass is 35.5. The maximum atomic E-state index is 14.7. The fourth-order valence-corrected chi connectivity index (χ4v) is 2.74. The molecule has 4 N–H and O–H groups in total. The molecule has 0 aliphatic rings. The Kier molecular flexibility index (Phi) is 3.94. The third-order valence-corrected chi connectivity index (χ3v) is 4.04. The molecule has 3 aromatic rings. The SMILES string of the molecule is Cc1c(NC(=O)O)cncc1-c1cc2cc(N)ncc2c(Cl)c1F. The van der Waals surface area contributed by atoms with Crippen LogP contribution in [0.15, 0.2) is 30.7 Å². The van der Waals surface area contributed by atoms with Crippen molar-refractivity contribution < 1.29 is 14.3 Å². The summed E-state index contributed by atoms with van der Waals surface area (Å²) in [7, 11) is 0. The zero-order chi connectivity index (χ0) is 17.4. The molecule has 1 amide bonds. The summed E-state index contributed by atoms with van der Waals surface area (Å²) >= 11 is 6.12. The molecule has 0 fully saturated rings. The van der Waals surface area contributed by atoms with E-state index in [1.165, 1.54) is 18.6 Å². The van der Waals surface area contributed by atoms with Crippen LogP contribution in [0.3, 0.4) is 0 Å². The molecule has 2 aromatic heterocycles. The van der Waals surface area contributed by atoms with Gasteiger partial charge in [-0.2, -0.15) is 0 Å². The van der Waals surface area contributed by atoms with Crippen molar-refractivity contribution in [1.82, 2.24) is 9.97 Å². The predicted molar refractivity (Wildman–Crippen MR) is 90.7 cm³/mol. The van der Waals surface area contributed by atoms with Gasteiger partial charge in [0.1, 0.15) is 11.6 Å². The lowest BCUT2D eigenvalue weighted by Gasteiger charge is -2.13. The standard InChI is InChI=1S/C16H12ClFN4O2/c1-7-10(4-20-6-12(7)22-16(23)24)9-2-8-3-13(19)21-5-11(8)14(17)15(9)18/h2-6,22H,1H3,(H2,19,21)(H,23,24). The van der Waals surface area contributed by atoms with Crippen LogP contribution < -0.4 is 11.1 Å². The molecule has 0 aliphatic heterocycles. The quantitative estimate of drug-likeness (QED) is 0.649. The van der Waals surface area contributed by atoms with Crippen molar-refractivity contribution >= 4 is 40.0 Å². The Morgan fingerprint density at radius 3 is 2.75 bits per heavy atom. The van der Waals surface area contributed by atoms with E-state index in [1.807, 2.05) is 0 Å². The van der Waals surface area contributed by atoms with E-state index in [4.69, 9.17) is 22.4 Å². The number of rotatable bonds is 2. The molecule has 0 radical (unpaired) electrons. The lowest BCUT2D eigenvalue weighted by Crippen LogP contribution is -2.09. The highest BCUT2D eigenvalue weighted by molar-refractivity contribution is 6.36. The van der Waals surface area contributed by atoms with Crippen LogP contribution in [-0.4, -0.2) is 21.2 Å². The van der Waals surface area contributed by atoms with Crippen molar-refractivity contribution in [1.29, 1.82) is 0 Å². The summed E-state index contributed by atoms with van der Waals surface area (Å²) < 4.78 is 14.7. The number of nitrogens with two attached hydrogens (primary N) is 1. The summed E-state index contributed by atoms with van der Waals surface area (Å²) in [6, 6.07) is 3.18. The number of nitrogen functional groups attached to an aromatic ring is 1. The molecule has 0 aliphatic carbocycles. The molecule has 0 bridgehead atoms. The number of hydrogen-bond acceptors (Lipinski definition) is 4. The van der Waals surface area contributed by atoms with Crippen LogP contribution in [0.1, 0.15) is 5.56 Å². The molecule has 0 spiro atoms. The minimum atomic E-state index is -1.23. The van der Waals surface area contributed by atoms with Crippen LogP contribution in [0.25, 0.3) is 21.9 Å². The van der Waals surface area contributed by atoms with E-state index in [2.05, 4.69) is 15.3 Å². The molecule has 0 saturated carbocycles. The number of carbonyl (C=O) groups is 1. The molecule has 24 heavy (non-hydrogen) atoms. The van der Waals surface area contributed by atoms with Gasteiger partial charge in [-0.1, -0.05) is 11.6 Å². The first-order valence-corrected chi connectivity index (χ1v) is 7.24. The normalized spacial score (nSPS) is 10.8. The monoisotopic (exact) mass is 346 g/mol. The first kappa shape index (κ1) is 15.9. The van der Waals surface area contributed by atoms with Crippen LogP contribution >= 0.6 is 11.6 Å². The number of amides is 1. The van der Waals surface area contributed by atoms with Crippen molar-refractivity contribution in [3.05, 3.63) is 47.1 Å². The number of nitrogens with one attached hydrogen (secondary N) is 1. The van der Waals surface area contributed by atoms with Crippen LogP contribution in [0.4, 0.5) is 20.7 Å². The number of hydrogen-bond donors (Lipinski definition) is 3. The van der Waals surface area contributed by atoms with Crippen molar-refractivity contribution in [3.8, 4) is 11.1 Å². The van der Waals surface area contributed by atoms with Gasteiger partial charge in [-0.3, -0.25) is 10.3 Å². The molecule has 0 atom stereocenters. The molecular formula is C16H12ClFN4O2. The summed E-state index contributed by atoms with van der Waals surface area (Å²) in [5.74, 6) is -0.347. The van der Waals surface area contributed by atoms with E-state index in [0.717, 1.165) is 0 Å².